The number of nitrogens with zero attached hydrogens (tertiary/aromatic N) is 3. The van der Waals surface area contributed by atoms with Crippen LogP contribution in [0.5, 0.6) is 17.2 Å². The van der Waals surface area contributed by atoms with Gasteiger partial charge >= 0.3 is 6.03 Å². The monoisotopic (exact) mass is 510 g/mol. The molecule has 0 radical (unpaired) electrons. The molecule has 37 heavy (non-hydrogen) atoms. The summed E-state index contributed by atoms with van der Waals surface area (Å²) >= 11 is 0. The Morgan fingerprint density at radius 3 is 2.41 bits per heavy atom. The number of carbonyl (C=O) groups excluding carboxylic acids is 2. The van der Waals surface area contributed by atoms with E-state index >= 15 is 0 Å². The Balaban J connectivity index is 1.34. The summed E-state index contributed by atoms with van der Waals surface area (Å²) in [6, 6.07) is 12.7. The molecule has 2 aliphatic heterocycles. The molecule has 198 valence electrons. The lowest BCUT2D eigenvalue weighted by Crippen LogP contribution is -2.50. The zero-order valence-corrected chi connectivity index (χ0v) is 21.5. The van der Waals surface area contributed by atoms with Crippen molar-refractivity contribution in [1.82, 2.24) is 15.1 Å². The number of methoxy groups -OCH3 is 2. The van der Waals surface area contributed by atoms with Gasteiger partial charge in [-0.3, -0.25) is 14.6 Å². The van der Waals surface area contributed by atoms with E-state index in [2.05, 4.69) is 21.2 Å². The lowest BCUT2D eigenvalue weighted by Gasteiger charge is -2.37. The average molecular weight is 511 g/mol. The van der Waals surface area contributed by atoms with E-state index in [1.165, 1.54) is 14.2 Å². The molecule has 2 aromatic rings. The first-order chi connectivity index (χ1) is 17.9. The summed E-state index contributed by atoms with van der Waals surface area (Å²) in [5.74, 6) is 1.35. The van der Waals surface area contributed by atoms with E-state index < -0.39 is 18.0 Å². The first-order valence-corrected chi connectivity index (χ1v) is 12.4. The van der Waals surface area contributed by atoms with Crippen LogP contribution in [0.4, 0.5) is 10.5 Å². The molecule has 0 aliphatic carbocycles. The number of para-hydroxylation sites is 3. The molecule has 10 nitrogen and oxygen atoms in total. The van der Waals surface area contributed by atoms with Gasteiger partial charge in [0.25, 0.3) is 5.91 Å². The highest BCUT2D eigenvalue weighted by Gasteiger charge is 2.35. The highest BCUT2D eigenvalue weighted by atomic mass is 16.5. The predicted octanol–water partition coefficient (Wildman–Crippen LogP) is 2.18. The Labute approximate surface area is 217 Å². The van der Waals surface area contributed by atoms with Gasteiger partial charge in [0.2, 0.25) is 0 Å². The molecule has 2 fully saturated rings. The largest absolute Gasteiger partial charge is 0.493 e. The number of imide groups is 1. The highest BCUT2D eigenvalue weighted by Crippen LogP contribution is 2.32. The molecule has 1 atom stereocenters. The maximum Gasteiger partial charge on any atom is 0.329 e. The van der Waals surface area contributed by atoms with Crippen molar-refractivity contribution in [3.05, 3.63) is 53.7 Å². The van der Waals surface area contributed by atoms with Crippen LogP contribution < -0.4 is 24.4 Å². The molecule has 2 heterocycles. The number of carbonyl (C=O) groups is 2. The molecular formula is C27H34N4O6. The van der Waals surface area contributed by atoms with Crippen molar-refractivity contribution < 1.29 is 28.9 Å². The standard InChI is InChI=1S/C27H34N4O6/c1-4-37-23-10-6-5-9-22(23)30-14-12-29(13-15-30)17-20(32)18-31-26(33)21(28-27(31)34)16-19-8-7-11-24(35-2)25(19)36-3/h5-11,16,20,32H,4,12-15,17-18H2,1-3H3,(H,28,34)/b21-16-. The van der Waals surface area contributed by atoms with Gasteiger partial charge in [0.05, 0.1) is 39.2 Å². The van der Waals surface area contributed by atoms with Gasteiger partial charge in [-0.15, -0.1) is 0 Å². The topological polar surface area (TPSA) is 104 Å². The fraction of sp³-hybridized carbons (Fsp3) is 0.407. The number of benzene rings is 2. The van der Waals surface area contributed by atoms with Crippen LogP contribution in [0.1, 0.15) is 12.5 Å². The van der Waals surface area contributed by atoms with E-state index in [4.69, 9.17) is 14.2 Å². The third kappa shape index (κ3) is 5.98. The first-order valence-electron chi connectivity index (χ1n) is 12.4. The summed E-state index contributed by atoms with van der Waals surface area (Å²) in [5.41, 5.74) is 1.78. The van der Waals surface area contributed by atoms with Crippen LogP contribution >= 0.6 is 0 Å². The van der Waals surface area contributed by atoms with Crippen LogP contribution in [-0.2, 0) is 4.79 Å². The summed E-state index contributed by atoms with van der Waals surface area (Å²) in [5, 5.41) is 13.3. The smallest absolute Gasteiger partial charge is 0.329 e. The van der Waals surface area contributed by atoms with Gasteiger partial charge in [0, 0.05) is 38.3 Å². The number of urea groups is 1. The second kappa shape index (κ2) is 12.0. The average Bonchev–Trinajstić information content (AvgIpc) is 3.16. The van der Waals surface area contributed by atoms with E-state index in [0.29, 0.717) is 30.2 Å². The van der Waals surface area contributed by atoms with Crippen molar-refractivity contribution in [1.29, 1.82) is 0 Å². The normalized spacial score (nSPS) is 18.2. The third-order valence-electron chi connectivity index (χ3n) is 6.44. The number of nitrogens with one attached hydrogen (secondary N) is 1. The number of anilines is 1. The van der Waals surface area contributed by atoms with E-state index in [1.807, 2.05) is 25.1 Å². The van der Waals surface area contributed by atoms with Gasteiger partial charge in [-0.25, -0.2) is 4.79 Å². The fourth-order valence-electron chi connectivity index (χ4n) is 4.65. The van der Waals surface area contributed by atoms with Gasteiger partial charge in [0.15, 0.2) is 11.5 Å². The van der Waals surface area contributed by atoms with Crippen molar-refractivity contribution >= 4 is 23.7 Å². The zero-order chi connectivity index (χ0) is 26.4. The minimum Gasteiger partial charge on any atom is -0.493 e. The van der Waals surface area contributed by atoms with Crippen LogP contribution in [0, 0.1) is 0 Å². The lowest BCUT2D eigenvalue weighted by atomic mass is 10.1. The number of hydrogen-bond acceptors (Lipinski definition) is 8. The second-order valence-corrected chi connectivity index (χ2v) is 8.83. The van der Waals surface area contributed by atoms with Gasteiger partial charge in [-0.2, -0.15) is 0 Å². The number of amides is 3. The van der Waals surface area contributed by atoms with Crippen LogP contribution in [0.3, 0.4) is 0 Å². The second-order valence-electron chi connectivity index (χ2n) is 8.83. The van der Waals surface area contributed by atoms with Crippen molar-refractivity contribution in [3.63, 3.8) is 0 Å². The summed E-state index contributed by atoms with van der Waals surface area (Å²) < 4.78 is 16.5. The molecule has 10 heteroatoms. The molecule has 3 amide bonds. The molecule has 0 aromatic heterocycles. The zero-order valence-electron chi connectivity index (χ0n) is 21.5. The quantitative estimate of drug-likeness (QED) is 0.370. The Hall–Kier alpha value is -3.76. The van der Waals surface area contributed by atoms with Gasteiger partial charge in [-0.1, -0.05) is 24.3 Å². The van der Waals surface area contributed by atoms with E-state index in [-0.39, 0.29) is 12.2 Å². The minimum absolute atomic E-state index is 0.0926. The number of β-amino-alcohol motifs (C(OH)–C–C–N with tert-alkyl or cyclic N) is 1. The molecular weight excluding hydrogens is 476 g/mol. The number of aliphatic hydroxyl groups is 1. The maximum absolute atomic E-state index is 12.9. The Morgan fingerprint density at radius 2 is 1.70 bits per heavy atom. The van der Waals surface area contributed by atoms with Crippen LogP contribution in [0.2, 0.25) is 0 Å². The summed E-state index contributed by atoms with van der Waals surface area (Å²) in [6.45, 7) is 5.92. The predicted molar refractivity (Wildman–Crippen MR) is 140 cm³/mol. The van der Waals surface area contributed by atoms with Gasteiger partial charge in [0.1, 0.15) is 11.4 Å². The number of rotatable bonds is 10. The van der Waals surface area contributed by atoms with Crippen molar-refractivity contribution in [3.8, 4) is 17.2 Å². The van der Waals surface area contributed by atoms with Crippen molar-refractivity contribution in [2.24, 2.45) is 0 Å². The molecule has 2 aromatic carbocycles. The fourth-order valence-corrected chi connectivity index (χ4v) is 4.65. The maximum atomic E-state index is 12.9. The molecule has 2 saturated heterocycles. The summed E-state index contributed by atoms with van der Waals surface area (Å²) in [6.07, 6.45) is 0.676. The molecule has 4 rings (SSSR count). The highest BCUT2D eigenvalue weighted by molar-refractivity contribution is 6.14. The number of hydrogen-bond donors (Lipinski definition) is 2. The van der Waals surface area contributed by atoms with E-state index in [1.54, 1.807) is 24.3 Å². The molecule has 0 bridgehead atoms. The SMILES string of the molecule is CCOc1ccccc1N1CCN(CC(O)CN2C(=O)N/C(=C\c3cccc(OC)c3OC)C2=O)CC1. The summed E-state index contributed by atoms with van der Waals surface area (Å²) in [4.78, 5) is 30.9. The number of piperazine rings is 1. The molecule has 2 aliphatic rings. The van der Waals surface area contributed by atoms with Crippen molar-refractivity contribution in [2.45, 2.75) is 13.0 Å². The van der Waals surface area contributed by atoms with Crippen LogP contribution in [0.15, 0.2) is 48.2 Å². The molecule has 1 unspecified atom stereocenters. The van der Waals surface area contributed by atoms with Gasteiger partial charge < -0.3 is 29.5 Å². The van der Waals surface area contributed by atoms with E-state index in [0.717, 1.165) is 42.5 Å². The molecule has 0 saturated carbocycles. The van der Waals surface area contributed by atoms with E-state index in [9.17, 15) is 14.7 Å². The lowest BCUT2D eigenvalue weighted by molar-refractivity contribution is -0.124. The Morgan fingerprint density at radius 1 is 0.973 bits per heavy atom. The number of aliphatic hydroxyl groups excluding tert-OH is 1. The van der Waals surface area contributed by atoms with Crippen LogP contribution in [-0.4, -0.2) is 93.0 Å². The van der Waals surface area contributed by atoms with Crippen molar-refractivity contribution in [2.75, 3.05) is 65.0 Å². The number of ether oxygens (including phenoxy) is 3. The Kier molecular flexibility index (Phi) is 8.52. The van der Waals surface area contributed by atoms with Gasteiger partial charge in [-0.05, 0) is 31.2 Å². The van der Waals surface area contributed by atoms with Crippen LogP contribution in [0.25, 0.3) is 6.08 Å². The molecule has 2 N–H and O–H groups in total. The summed E-state index contributed by atoms with van der Waals surface area (Å²) in [7, 11) is 3.04. The molecule has 0 spiro atoms. The Bertz CT molecular complexity index is 1150. The third-order valence-corrected chi connectivity index (χ3v) is 6.44. The minimum atomic E-state index is -0.873. The first kappa shape index (κ1) is 26.3.